The molecule has 0 heterocycles. The average molecular weight is 223 g/mol. The van der Waals surface area contributed by atoms with Gasteiger partial charge in [0.25, 0.3) is 0 Å². The summed E-state index contributed by atoms with van der Waals surface area (Å²) < 4.78 is 13.1. The molecule has 0 radical (unpaired) electrons. The summed E-state index contributed by atoms with van der Waals surface area (Å²) >= 11 is 0. The molecule has 0 N–H and O–H groups in total. The summed E-state index contributed by atoms with van der Waals surface area (Å²) in [5.41, 5.74) is 2.08. The van der Waals surface area contributed by atoms with Crippen LogP contribution in [0.2, 0.25) is 0 Å². The monoisotopic (exact) mass is 223 g/mol. The Hall–Kier alpha value is -2.40. The molecular weight excluding hydrogens is 213 g/mol. The molecule has 0 saturated carbocycles. The molecule has 0 amide bonds. The average Bonchev–Trinajstić information content (AvgIpc) is 2.38. The molecular formula is C15H10FN. The molecule has 0 aromatic heterocycles. The van der Waals surface area contributed by atoms with Gasteiger partial charge in [0.05, 0.1) is 6.57 Å². The van der Waals surface area contributed by atoms with Crippen LogP contribution in [0.1, 0.15) is 11.1 Å². The quantitative estimate of drug-likeness (QED) is 0.519. The summed E-state index contributed by atoms with van der Waals surface area (Å²) in [7, 11) is 0. The molecule has 1 nitrogen and oxygen atoms in total. The number of benzene rings is 2. The first kappa shape index (κ1) is 11.1. The number of hydrogen-bond acceptors (Lipinski definition) is 0. The van der Waals surface area contributed by atoms with E-state index in [9.17, 15) is 4.39 Å². The van der Waals surface area contributed by atoms with E-state index in [0.29, 0.717) is 11.3 Å². The third-order valence-electron chi connectivity index (χ3n) is 2.36. The Morgan fingerprint density at radius 2 is 1.76 bits per heavy atom. The fourth-order valence-corrected chi connectivity index (χ4v) is 1.51. The zero-order chi connectivity index (χ0) is 12.1. The van der Waals surface area contributed by atoms with Crippen LogP contribution >= 0.6 is 0 Å². The molecule has 0 atom stereocenters. The molecule has 2 aromatic rings. The van der Waals surface area contributed by atoms with Crippen molar-refractivity contribution < 1.29 is 4.39 Å². The van der Waals surface area contributed by atoms with E-state index in [-0.39, 0.29) is 5.82 Å². The first-order valence-corrected chi connectivity index (χ1v) is 5.20. The highest BCUT2D eigenvalue weighted by atomic mass is 19.1. The van der Waals surface area contributed by atoms with Crippen molar-refractivity contribution in [2.24, 2.45) is 0 Å². The van der Waals surface area contributed by atoms with Crippen molar-refractivity contribution in [2.45, 2.75) is 0 Å². The maximum absolute atomic E-state index is 13.1. The van der Waals surface area contributed by atoms with Gasteiger partial charge in [-0.1, -0.05) is 48.6 Å². The van der Waals surface area contributed by atoms with Crippen molar-refractivity contribution in [2.75, 3.05) is 0 Å². The second-order valence-electron chi connectivity index (χ2n) is 3.56. The molecule has 0 fully saturated rings. The van der Waals surface area contributed by atoms with Crippen molar-refractivity contribution in [3.63, 3.8) is 0 Å². The Balaban J connectivity index is 2.33. The summed E-state index contributed by atoms with van der Waals surface area (Å²) in [4.78, 5) is 3.36. The van der Waals surface area contributed by atoms with Crippen LogP contribution in [-0.4, -0.2) is 0 Å². The molecule has 17 heavy (non-hydrogen) atoms. The van der Waals surface area contributed by atoms with E-state index in [0.717, 1.165) is 5.56 Å². The summed E-state index contributed by atoms with van der Waals surface area (Å²) in [6.07, 6.45) is 3.62. The number of nitrogens with zero attached hydrogens (tertiary/aromatic N) is 1. The molecule has 0 saturated heterocycles. The van der Waals surface area contributed by atoms with E-state index in [4.69, 9.17) is 6.57 Å². The van der Waals surface area contributed by atoms with Crippen LogP contribution in [0.3, 0.4) is 0 Å². The molecule has 2 aromatic carbocycles. The van der Waals surface area contributed by atoms with Gasteiger partial charge >= 0.3 is 0 Å². The first-order chi connectivity index (χ1) is 8.29. The Labute approximate surface area is 99.7 Å². The number of rotatable bonds is 2. The SMILES string of the molecule is [C-]#[N+]c1ccc(F)cc1C=Cc1ccccc1. The van der Waals surface area contributed by atoms with Crippen LogP contribution in [0.5, 0.6) is 0 Å². The van der Waals surface area contributed by atoms with Crippen LogP contribution in [0.25, 0.3) is 17.0 Å². The minimum Gasteiger partial charge on any atom is -0.238 e. The van der Waals surface area contributed by atoms with E-state index >= 15 is 0 Å². The predicted molar refractivity (Wildman–Crippen MR) is 68.0 cm³/mol. The van der Waals surface area contributed by atoms with Gasteiger partial charge in [-0.05, 0) is 23.3 Å². The molecule has 0 aliphatic heterocycles. The molecule has 0 bridgehead atoms. The van der Waals surface area contributed by atoms with Crippen molar-refractivity contribution >= 4 is 17.8 Å². The van der Waals surface area contributed by atoms with E-state index < -0.39 is 0 Å². The third-order valence-corrected chi connectivity index (χ3v) is 2.36. The van der Waals surface area contributed by atoms with Gasteiger partial charge in [-0.15, -0.1) is 0 Å². The zero-order valence-corrected chi connectivity index (χ0v) is 9.10. The van der Waals surface area contributed by atoms with Gasteiger partial charge in [0.15, 0.2) is 5.69 Å². The van der Waals surface area contributed by atoms with Gasteiger partial charge in [0.2, 0.25) is 0 Å². The molecule has 2 rings (SSSR count). The highest BCUT2D eigenvalue weighted by molar-refractivity contribution is 5.76. The van der Waals surface area contributed by atoms with E-state index in [1.807, 2.05) is 36.4 Å². The standard InChI is InChI=1S/C15H10FN/c1-17-15-10-9-14(16)11-13(15)8-7-12-5-3-2-4-6-12/h2-11H. The van der Waals surface area contributed by atoms with Crippen LogP contribution in [0, 0.1) is 12.4 Å². The largest absolute Gasteiger partial charge is 0.238 e. The summed E-state index contributed by atoms with van der Waals surface area (Å²) in [6, 6.07) is 13.9. The summed E-state index contributed by atoms with van der Waals surface area (Å²) in [5, 5.41) is 0. The molecule has 0 aliphatic carbocycles. The first-order valence-electron chi connectivity index (χ1n) is 5.20. The number of hydrogen-bond donors (Lipinski definition) is 0. The van der Waals surface area contributed by atoms with Gasteiger partial charge < -0.3 is 0 Å². The molecule has 2 heteroatoms. The van der Waals surface area contributed by atoms with E-state index in [1.54, 1.807) is 6.08 Å². The fourth-order valence-electron chi connectivity index (χ4n) is 1.51. The maximum atomic E-state index is 13.1. The minimum absolute atomic E-state index is 0.329. The smallest absolute Gasteiger partial charge is 0.194 e. The highest BCUT2D eigenvalue weighted by Crippen LogP contribution is 2.22. The number of halogens is 1. The van der Waals surface area contributed by atoms with Gasteiger partial charge in [-0.25, -0.2) is 9.24 Å². The fraction of sp³-hybridized carbons (Fsp3) is 0. The lowest BCUT2D eigenvalue weighted by Gasteiger charge is -1.98. The molecule has 82 valence electrons. The molecule has 0 aliphatic rings. The maximum Gasteiger partial charge on any atom is 0.194 e. The normalized spacial score (nSPS) is 10.4. The second kappa shape index (κ2) is 5.09. The van der Waals surface area contributed by atoms with Crippen molar-refractivity contribution in [3.05, 3.63) is 76.9 Å². The van der Waals surface area contributed by atoms with Crippen LogP contribution < -0.4 is 0 Å². The minimum atomic E-state index is -0.329. The second-order valence-corrected chi connectivity index (χ2v) is 3.56. The Kier molecular flexibility index (Phi) is 3.32. The lowest BCUT2D eigenvalue weighted by Crippen LogP contribution is -1.77. The van der Waals surface area contributed by atoms with Crippen molar-refractivity contribution in [1.82, 2.24) is 0 Å². The van der Waals surface area contributed by atoms with Gasteiger partial charge in [-0.2, -0.15) is 0 Å². The topological polar surface area (TPSA) is 4.36 Å². The van der Waals surface area contributed by atoms with Crippen LogP contribution in [0.15, 0.2) is 48.5 Å². The van der Waals surface area contributed by atoms with Crippen LogP contribution in [0.4, 0.5) is 10.1 Å². The highest BCUT2D eigenvalue weighted by Gasteiger charge is 2.00. The lowest BCUT2D eigenvalue weighted by molar-refractivity contribution is 0.628. The molecule has 0 spiro atoms. The summed E-state index contributed by atoms with van der Waals surface area (Å²) in [6.45, 7) is 7.01. The summed E-state index contributed by atoms with van der Waals surface area (Å²) in [5.74, 6) is -0.329. The van der Waals surface area contributed by atoms with Gasteiger partial charge in [0, 0.05) is 0 Å². The lowest BCUT2D eigenvalue weighted by atomic mass is 10.1. The Morgan fingerprint density at radius 1 is 1.00 bits per heavy atom. The van der Waals surface area contributed by atoms with E-state index in [2.05, 4.69) is 4.85 Å². The zero-order valence-electron chi connectivity index (χ0n) is 9.10. The molecule has 0 unspecified atom stereocenters. The predicted octanol–water partition coefficient (Wildman–Crippen LogP) is 4.55. The van der Waals surface area contributed by atoms with Crippen molar-refractivity contribution in [3.8, 4) is 0 Å². The third kappa shape index (κ3) is 2.79. The van der Waals surface area contributed by atoms with Gasteiger partial charge in [0.1, 0.15) is 5.82 Å². The Bertz CT molecular complexity index is 580. The van der Waals surface area contributed by atoms with E-state index in [1.165, 1.54) is 18.2 Å². The van der Waals surface area contributed by atoms with Crippen LogP contribution in [-0.2, 0) is 0 Å². The Morgan fingerprint density at radius 3 is 2.47 bits per heavy atom. The van der Waals surface area contributed by atoms with Gasteiger partial charge in [-0.3, -0.25) is 0 Å². The van der Waals surface area contributed by atoms with Crippen molar-refractivity contribution in [1.29, 1.82) is 0 Å².